The van der Waals surface area contributed by atoms with E-state index >= 15 is 0 Å². The van der Waals surface area contributed by atoms with Gasteiger partial charge in [0.05, 0.1) is 50.8 Å². The van der Waals surface area contributed by atoms with Crippen molar-refractivity contribution in [2.45, 2.75) is 78.8 Å². The van der Waals surface area contributed by atoms with Crippen LogP contribution in [0.4, 0.5) is 34.1 Å². The van der Waals surface area contributed by atoms with E-state index in [1.54, 1.807) is 0 Å². The number of rotatable bonds is 10. The van der Waals surface area contributed by atoms with Crippen molar-refractivity contribution < 1.29 is 0 Å². The molecule has 0 aliphatic carbocycles. The molecule has 298 valence electrons. The summed E-state index contributed by atoms with van der Waals surface area (Å²) in [7, 11) is -3.08. The minimum absolute atomic E-state index is 0.259. The molecule has 0 N–H and O–H groups in total. The van der Waals surface area contributed by atoms with Crippen molar-refractivity contribution in [3.05, 3.63) is 156 Å². The molecule has 0 aromatic heterocycles. The van der Waals surface area contributed by atoms with Crippen molar-refractivity contribution >= 4 is 93.0 Å². The van der Waals surface area contributed by atoms with Gasteiger partial charge in [0.15, 0.2) is 0 Å². The molecule has 0 fully saturated rings. The van der Waals surface area contributed by atoms with E-state index in [2.05, 4.69) is 198 Å². The Labute approximate surface area is 358 Å². The van der Waals surface area contributed by atoms with E-state index < -0.39 is 16.1 Å². The fourth-order valence-electron chi connectivity index (χ4n) is 8.78. The summed E-state index contributed by atoms with van der Waals surface area (Å²) in [6, 6.07) is 53.2. The molecule has 0 aliphatic heterocycles. The second-order valence-electron chi connectivity index (χ2n) is 18.9. The summed E-state index contributed by atoms with van der Waals surface area (Å²) >= 11 is 0. The third-order valence-corrected chi connectivity index (χ3v) is 16.3. The van der Waals surface area contributed by atoms with Crippen molar-refractivity contribution in [1.82, 2.24) is 0 Å². The maximum absolute atomic E-state index is 9.77. The summed E-state index contributed by atoms with van der Waals surface area (Å²) in [5.41, 5.74) is 10.3. The van der Waals surface area contributed by atoms with Gasteiger partial charge in [0.25, 0.3) is 0 Å². The second-order valence-corrected chi connectivity index (χ2v) is 29.1. The van der Waals surface area contributed by atoms with E-state index in [0.29, 0.717) is 11.1 Å². The number of hydrogen-bond acceptors (Lipinski definition) is 4. The van der Waals surface area contributed by atoms with Gasteiger partial charge >= 0.3 is 0 Å². The normalized spacial score (nSPS) is 12.1. The van der Waals surface area contributed by atoms with Crippen LogP contribution in [0.15, 0.2) is 133 Å². The average Bonchev–Trinajstić information content (AvgIpc) is 3.23. The molecule has 0 saturated carbocycles. The van der Waals surface area contributed by atoms with E-state index in [1.165, 1.54) is 53.8 Å². The minimum Gasteiger partial charge on any atom is -0.310 e. The van der Waals surface area contributed by atoms with Gasteiger partial charge in [-0.3, -0.25) is 0 Å². The van der Waals surface area contributed by atoms with Crippen molar-refractivity contribution in [3.63, 3.8) is 0 Å². The van der Waals surface area contributed by atoms with E-state index in [4.69, 9.17) is 0 Å². The van der Waals surface area contributed by atoms with Crippen LogP contribution in [0.25, 0.3) is 32.3 Å². The molecule has 8 aromatic carbocycles. The largest absolute Gasteiger partial charge is 0.310 e. The maximum atomic E-state index is 9.77. The van der Waals surface area contributed by atoms with Gasteiger partial charge in [-0.2, -0.15) is 10.5 Å². The zero-order chi connectivity index (χ0) is 42.7. The molecule has 0 atom stereocenters. The lowest BCUT2D eigenvalue weighted by atomic mass is 9.84. The number of nitrogens with zero attached hydrogens (tertiary/aromatic N) is 4. The van der Waals surface area contributed by atoms with Crippen LogP contribution >= 0.6 is 0 Å². The first-order valence-corrected chi connectivity index (χ1v) is 28.2. The molecule has 0 bridgehead atoms. The fraction of sp³-hybridized carbons (Fsp3) is 0.222. The first-order chi connectivity index (χ1) is 28.6. The Hall–Kier alpha value is -6.19. The van der Waals surface area contributed by atoms with Crippen LogP contribution in [0.5, 0.6) is 0 Å². The molecule has 0 saturated heterocycles. The molecule has 0 radical (unpaired) electrons. The predicted octanol–water partition coefficient (Wildman–Crippen LogP) is 14.6. The van der Waals surface area contributed by atoms with E-state index in [-0.39, 0.29) is 11.8 Å². The van der Waals surface area contributed by atoms with Crippen LogP contribution < -0.4 is 20.2 Å². The van der Waals surface area contributed by atoms with Crippen molar-refractivity contribution in [3.8, 4) is 12.1 Å². The first-order valence-electron chi connectivity index (χ1n) is 21.2. The summed E-state index contributed by atoms with van der Waals surface area (Å²) in [5, 5.41) is 29.8. The molecular formula is C54H54N4Si2. The molecule has 0 spiro atoms. The van der Waals surface area contributed by atoms with Crippen LogP contribution in [-0.4, -0.2) is 16.1 Å². The van der Waals surface area contributed by atoms with Gasteiger partial charge in [-0.05, 0) is 129 Å². The number of nitriles is 2. The summed E-state index contributed by atoms with van der Waals surface area (Å²) in [6.45, 7) is 23.5. The van der Waals surface area contributed by atoms with Crippen molar-refractivity contribution in [2.75, 3.05) is 9.80 Å². The molecule has 8 rings (SSSR count). The molecule has 60 heavy (non-hydrogen) atoms. The summed E-state index contributed by atoms with van der Waals surface area (Å²) in [4.78, 5) is 4.78. The highest BCUT2D eigenvalue weighted by atomic mass is 28.3. The van der Waals surface area contributed by atoms with Gasteiger partial charge in [-0.1, -0.05) is 126 Å². The Balaban J connectivity index is 1.48. The van der Waals surface area contributed by atoms with Gasteiger partial charge in [0, 0.05) is 33.5 Å². The van der Waals surface area contributed by atoms with E-state index in [1.807, 2.05) is 24.3 Å². The topological polar surface area (TPSA) is 54.1 Å². The maximum Gasteiger partial charge on any atom is 0.0991 e. The molecule has 6 heteroatoms. The van der Waals surface area contributed by atoms with Crippen molar-refractivity contribution in [2.24, 2.45) is 0 Å². The predicted molar refractivity (Wildman–Crippen MR) is 263 cm³/mol. The van der Waals surface area contributed by atoms with Crippen molar-refractivity contribution in [1.29, 1.82) is 10.5 Å². The highest BCUT2D eigenvalue weighted by molar-refractivity contribution is 6.89. The quantitative estimate of drug-likeness (QED) is 0.102. The van der Waals surface area contributed by atoms with Gasteiger partial charge in [0.2, 0.25) is 0 Å². The Bertz CT molecular complexity index is 2730. The van der Waals surface area contributed by atoms with Crippen LogP contribution in [0, 0.1) is 22.7 Å². The Morgan fingerprint density at radius 1 is 0.400 bits per heavy atom. The Morgan fingerprint density at radius 2 is 0.683 bits per heavy atom. The molecule has 0 unspecified atom stereocenters. The molecule has 0 aliphatic rings. The summed E-state index contributed by atoms with van der Waals surface area (Å²) in [5.74, 6) is 0.518. The number of benzene rings is 8. The van der Waals surface area contributed by atoms with Crippen LogP contribution in [0.2, 0.25) is 39.3 Å². The molecule has 0 amide bonds. The van der Waals surface area contributed by atoms with Gasteiger partial charge in [-0.25, -0.2) is 0 Å². The lowest BCUT2D eigenvalue weighted by Gasteiger charge is -2.32. The van der Waals surface area contributed by atoms with Gasteiger partial charge in [-0.15, -0.1) is 0 Å². The average molecular weight is 815 g/mol. The van der Waals surface area contributed by atoms with Gasteiger partial charge in [0.1, 0.15) is 0 Å². The Kier molecular flexibility index (Phi) is 10.4. The monoisotopic (exact) mass is 814 g/mol. The van der Waals surface area contributed by atoms with E-state index in [0.717, 1.165) is 34.1 Å². The highest BCUT2D eigenvalue weighted by Crippen LogP contribution is 2.51. The van der Waals surface area contributed by atoms with E-state index in [9.17, 15) is 10.5 Å². The molecule has 4 nitrogen and oxygen atoms in total. The summed E-state index contributed by atoms with van der Waals surface area (Å²) in [6.07, 6.45) is 0. The zero-order valence-corrected chi connectivity index (χ0v) is 38.6. The lowest BCUT2D eigenvalue weighted by molar-refractivity contribution is 0.875. The Morgan fingerprint density at radius 3 is 0.950 bits per heavy atom. The van der Waals surface area contributed by atoms with Crippen LogP contribution in [0.1, 0.15) is 61.8 Å². The summed E-state index contributed by atoms with van der Waals surface area (Å²) < 4.78 is 0. The molecular weight excluding hydrogens is 761 g/mol. The zero-order valence-electron chi connectivity index (χ0n) is 36.6. The third kappa shape index (κ3) is 7.25. The third-order valence-electron chi connectivity index (χ3n) is 12.1. The van der Waals surface area contributed by atoms with Gasteiger partial charge < -0.3 is 9.80 Å². The second kappa shape index (κ2) is 15.4. The fourth-order valence-corrected chi connectivity index (χ4v) is 11.1. The number of hydrogen-bond donors (Lipinski definition) is 0. The molecule has 0 heterocycles. The SMILES string of the molecule is CC(C)c1cc(N(c2ccc(C#N)cc2)c2ccc([Si](C)(C)C)cc2)c2ccc3c(C(C)C)cc(N(c4ccc(C#N)cc4)c4ccc([Si](C)(C)C)cc4)c4ccc1c2c34. The number of anilines is 6. The molecule has 8 aromatic rings. The van der Waals surface area contributed by atoms with Crippen LogP contribution in [0.3, 0.4) is 0 Å². The smallest absolute Gasteiger partial charge is 0.0991 e. The first kappa shape index (κ1) is 40.6. The van der Waals surface area contributed by atoms with Crippen LogP contribution in [-0.2, 0) is 0 Å². The lowest BCUT2D eigenvalue weighted by Crippen LogP contribution is -2.37. The minimum atomic E-state index is -1.54. The highest BCUT2D eigenvalue weighted by Gasteiger charge is 2.27. The standard InChI is InChI=1S/C54H54N4Si2/c1-35(2)49-31-51(57(39-15-11-37(33-55)12-16-39)41-19-23-43(24-20-41)59(5,6)7)47-30-28-46-50(36(3)4)32-52(48-29-27-45(49)53(47)54(46)48)58(40-17-13-38(34-56)14-18-40)42-21-25-44(26-22-42)60(8,9)10/h11-32,35-36H,1-10H3.